The fraction of sp³-hybridized carbons (Fsp3) is 0.548. The molecular weight excluding hydrogens is 509 g/mol. The molecule has 2 aliphatic carbocycles. The van der Waals surface area contributed by atoms with E-state index in [0.717, 1.165) is 49.1 Å². The fourth-order valence-corrected chi connectivity index (χ4v) is 6.98. The van der Waals surface area contributed by atoms with Gasteiger partial charge in [-0.1, -0.05) is 25.0 Å². The van der Waals surface area contributed by atoms with Crippen LogP contribution in [0.3, 0.4) is 0 Å². The van der Waals surface area contributed by atoms with Crippen molar-refractivity contribution in [2.45, 2.75) is 95.5 Å². The number of halogens is 1. The molecule has 8 nitrogen and oxygen atoms in total. The summed E-state index contributed by atoms with van der Waals surface area (Å²) in [6, 6.07) is 9.34. The maximum atomic E-state index is 15.1. The third-order valence-electron chi connectivity index (χ3n) is 9.41. The summed E-state index contributed by atoms with van der Waals surface area (Å²) >= 11 is 0. The summed E-state index contributed by atoms with van der Waals surface area (Å²) in [5.74, 6) is -1.04. The van der Waals surface area contributed by atoms with E-state index in [-0.39, 0.29) is 30.4 Å². The second kappa shape index (κ2) is 10.1. The van der Waals surface area contributed by atoms with E-state index < -0.39 is 22.9 Å². The largest absolute Gasteiger partial charge is 0.458 e. The zero-order valence-electron chi connectivity index (χ0n) is 23.1. The maximum Gasteiger partial charge on any atom is 0.317 e. The van der Waals surface area contributed by atoms with Gasteiger partial charge in [-0.05, 0) is 82.4 Å². The normalized spacial score (nSPS) is 24.6. The van der Waals surface area contributed by atoms with E-state index >= 15 is 4.39 Å². The third-order valence-corrected chi connectivity index (χ3v) is 9.41. The van der Waals surface area contributed by atoms with Crippen molar-refractivity contribution < 1.29 is 18.7 Å². The van der Waals surface area contributed by atoms with Crippen molar-refractivity contribution in [2.24, 2.45) is 11.8 Å². The number of benzene rings is 1. The lowest BCUT2D eigenvalue weighted by Gasteiger charge is -2.43. The van der Waals surface area contributed by atoms with Crippen molar-refractivity contribution in [3.63, 3.8) is 0 Å². The Morgan fingerprint density at radius 1 is 1.12 bits per heavy atom. The van der Waals surface area contributed by atoms with Crippen LogP contribution in [0, 0.1) is 42.8 Å². The molecule has 3 aromatic rings. The van der Waals surface area contributed by atoms with Gasteiger partial charge in [0.2, 0.25) is 0 Å². The topological polar surface area (TPSA) is 110 Å². The molecule has 2 unspecified atom stereocenters. The lowest BCUT2D eigenvalue weighted by Crippen LogP contribution is -2.52. The number of ketones is 1. The quantitative estimate of drug-likeness (QED) is 0.302. The monoisotopic (exact) mass is 543 g/mol. The van der Waals surface area contributed by atoms with Gasteiger partial charge in [0, 0.05) is 29.8 Å². The molecule has 208 valence electrons. The van der Waals surface area contributed by atoms with Crippen LogP contribution in [0.15, 0.2) is 24.3 Å². The number of nitrogens with zero attached hydrogens (tertiary/aromatic N) is 5. The van der Waals surface area contributed by atoms with Crippen molar-refractivity contribution in [1.82, 2.24) is 19.6 Å². The summed E-state index contributed by atoms with van der Waals surface area (Å²) in [7, 11) is 0. The zero-order valence-corrected chi connectivity index (χ0v) is 23.1. The first-order chi connectivity index (χ1) is 19.2. The number of esters is 1. The van der Waals surface area contributed by atoms with Gasteiger partial charge in [-0.3, -0.25) is 9.59 Å². The Morgan fingerprint density at radius 2 is 1.90 bits per heavy atom. The number of hydrogen-bond donors (Lipinski definition) is 0. The summed E-state index contributed by atoms with van der Waals surface area (Å²) in [5.41, 5.74) is 1.35. The number of cyclic esters (lactones) is 1. The number of fused-ring (bicyclic) bond motifs is 1. The van der Waals surface area contributed by atoms with Crippen molar-refractivity contribution in [3.05, 3.63) is 58.4 Å². The Labute approximate surface area is 233 Å². The predicted octanol–water partition coefficient (Wildman–Crippen LogP) is 5.06. The molecule has 6 rings (SSSR count). The first-order valence-electron chi connectivity index (χ1n) is 14.4. The second-order valence-electron chi connectivity index (χ2n) is 12.0. The molecule has 9 heteroatoms. The molecule has 1 aliphatic heterocycles. The van der Waals surface area contributed by atoms with Gasteiger partial charge in [-0.15, -0.1) is 5.10 Å². The number of Topliss-reactive ketones (excluding diaryl/α,β-unsaturated/α-hetero) is 1. The van der Waals surface area contributed by atoms with E-state index in [4.69, 9.17) is 4.74 Å². The summed E-state index contributed by atoms with van der Waals surface area (Å²) in [6.07, 6.45) is 7.36. The Hall–Kier alpha value is -3.67. The van der Waals surface area contributed by atoms with Gasteiger partial charge in [0.15, 0.2) is 11.6 Å². The van der Waals surface area contributed by atoms with E-state index in [9.17, 15) is 14.9 Å². The highest BCUT2D eigenvalue weighted by Crippen LogP contribution is 2.46. The number of rotatable bonds is 7. The van der Waals surface area contributed by atoms with Gasteiger partial charge >= 0.3 is 5.97 Å². The number of ether oxygens (including phenoxy) is 1. The average molecular weight is 544 g/mol. The van der Waals surface area contributed by atoms with E-state index in [2.05, 4.69) is 21.1 Å². The van der Waals surface area contributed by atoms with Crippen LogP contribution in [0.25, 0.3) is 5.78 Å². The molecule has 1 saturated heterocycles. The molecule has 0 amide bonds. The molecule has 2 aromatic heterocycles. The Balaban J connectivity index is 1.20. The number of carbonyl (C=O) groups is 2. The fourth-order valence-electron chi connectivity index (χ4n) is 6.98. The number of nitriles is 1. The highest BCUT2D eigenvalue weighted by Gasteiger charge is 2.51. The van der Waals surface area contributed by atoms with Crippen LogP contribution in [0.2, 0.25) is 0 Å². The Bertz CT molecular complexity index is 1510. The molecule has 0 radical (unpaired) electrons. The summed E-state index contributed by atoms with van der Waals surface area (Å²) < 4.78 is 23.0. The SMILES string of the molecule is Cc1cc(C)n2nc(CC3C(=O)CC(CCc4ccc(C5(C#N)CCC5)c(F)c4)(C4CCCC4)OC3=O)nc2n1. The highest BCUT2D eigenvalue weighted by molar-refractivity contribution is 6.01. The minimum atomic E-state index is -0.949. The van der Waals surface area contributed by atoms with Crippen LogP contribution in [-0.4, -0.2) is 36.9 Å². The standard InChI is InChI=1S/C31H34FN5O3/c1-19-14-20(2)37-29(34-19)35-27(36-37)16-23-26(38)17-31(40-28(23)39,22-6-3-4-7-22)13-10-21-8-9-24(25(32)15-21)30(18-33)11-5-12-30/h8-9,14-15,22-23H,3-7,10-13,16-17H2,1-2H3. The van der Waals surface area contributed by atoms with Gasteiger partial charge in [-0.2, -0.15) is 10.2 Å². The predicted molar refractivity (Wildman–Crippen MR) is 144 cm³/mol. The van der Waals surface area contributed by atoms with Crippen LogP contribution in [-0.2, 0) is 32.6 Å². The maximum absolute atomic E-state index is 15.1. The molecule has 0 N–H and O–H groups in total. The van der Waals surface area contributed by atoms with Crippen molar-refractivity contribution in [3.8, 4) is 6.07 Å². The summed E-state index contributed by atoms with van der Waals surface area (Å²) in [5, 5.41) is 14.1. The molecule has 2 atom stereocenters. The van der Waals surface area contributed by atoms with Gasteiger partial charge < -0.3 is 4.74 Å². The number of aromatic nitrogens is 4. The lowest BCUT2D eigenvalue weighted by atomic mass is 9.65. The van der Waals surface area contributed by atoms with Gasteiger partial charge in [0.25, 0.3) is 5.78 Å². The third kappa shape index (κ3) is 4.57. The van der Waals surface area contributed by atoms with E-state index in [1.54, 1.807) is 10.6 Å². The van der Waals surface area contributed by atoms with E-state index in [0.29, 0.717) is 42.8 Å². The molecule has 0 bridgehead atoms. The van der Waals surface area contributed by atoms with Crippen LogP contribution in [0.1, 0.15) is 86.1 Å². The molecule has 3 fully saturated rings. The first kappa shape index (κ1) is 26.5. The number of aryl methyl sites for hydroxylation is 3. The van der Waals surface area contributed by atoms with Crippen LogP contribution in [0.4, 0.5) is 4.39 Å². The average Bonchev–Trinajstić information content (AvgIpc) is 3.57. The van der Waals surface area contributed by atoms with Gasteiger partial charge in [0.1, 0.15) is 17.3 Å². The lowest BCUT2D eigenvalue weighted by molar-refractivity contribution is -0.185. The van der Waals surface area contributed by atoms with Gasteiger partial charge in [-0.25, -0.2) is 13.9 Å². The smallest absolute Gasteiger partial charge is 0.317 e. The van der Waals surface area contributed by atoms with Gasteiger partial charge in [0.05, 0.1) is 11.5 Å². The summed E-state index contributed by atoms with van der Waals surface area (Å²) in [6.45, 7) is 3.79. The molecule has 3 aliphatic rings. The molecule has 2 saturated carbocycles. The number of hydrogen-bond acceptors (Lipinski definition) is 7. The summed E-state index contributed by atoms with van der Waals surface area (Å²) in [4.78, 5) is 35.8. The second-order valence-corrected chi connectivity index (χ2v) is 12.0. The zero-order chi connectivity index (χ0) is 28.1. The van der Waals surface area contributed by atoms with E-state index in [1.165, 1.54) is 6.07 Å². The first-order valence-corrected chi connectivity index (χ1v) is 14.4. The van der Waals surface area contributed by atoms with Crippen molar-refractivity contribution in [2.75, 3.05) is 0 Å². The Morgan fingerprint density at radius 3 is 2.55 bits per heavy atom. The minimum absolute atomic E-state index is 0.0770. The minimum Gasteiger partial charge on any atom is -0.458 e. The van der Waals surface area contributed by atoms with E-state index in [1.807, 2.05) is 26.0 Å². The van der Waals surface area contributed by atoms with Crippen LogP contribution in [0.5, 0.6) is 0 Å². The molecule has 3 heterocycles. The van der Waals surface area contributed by atoms with Crippen molar-refractivity contribution in [1.29, 1.82) is 5.26 Å². The molecule has 40 heavy (non-hydrogen) atoms. The Kier molecular flexibility index (Phi) is 6.68. The number of carbonyl (C=O) groups excluding carboxylic acids is 2. The molecule has 0 spiro atoms. The van der Waals surface area contributed by atoms with Crippen LogP contribution < -0.4 is 0 Å². The van der Waals surface area contributed by atoms with Crippen molar-refractivity contribution >= 4 is 17.5 Å². The molecule has 1 aromatic carbocycles. The highest BCUT2D eigenvalue weighted by atomic mass is 19.1. The van der Waals surface area contributed by atoms with Crippen LogP contribution >= 0.6 is 0 Å². The molecular formula is C31H34FN5O3.